The van der Waals surface area contributed by atoms with Gasteiger partial charge in [-0.15, -0.1) is 0 Å². The molecule has 0 radical (unpaired) electrons. The summed E-state index contributed by atoms with van der Waals surface area (Å²) in [6.45, 7) is 9.77. The lowest BCUT2D eigenvalue weighted by Crippen LogP contribution is -2.67. The molecule has 0 spiro atoms. The number of rotatable bonds is 6. The van der Waals surface area contributed by atoms with Crippen molar-refractivity contribution in [3.8, 4) is 0 Å². The normalized spacial score (nSPS) is 26.6. The van der Waals surface area contributed by atoms with Crippen molar-refractivity contribution in [1.29, 1.82) is 0 Å². The highest BCUT2D eigenvalue weighted by Crippen LogP contribution is 2.72. The van der Waals surface area contributed by atoms with Crippen molar-refractivity contribution in [1.82, 2.24) is 0 Å². The lowest BCUT2D eigenvalue weighted by Gasteiger charge is -2.53. The molecule has 3 aromatic rings. The Kier molecular flexibility index (Phi) is 5.28. The predicted molar refractivity (Wildman–Crippen MR) is 141 cm³/mol. The number of carbonyl (C=O) groups is 1. The van der Waals surface area contributed by atoms with Crippen molar-refractivity contribution in [3.05, 3.63) is 96.6 Å². The van der Waals surface area contributed by atoms with Crippen LogP contribution in [-0.2, 0) is 0 Å². The van der Waals surface area contributed by atoms with E-state index in [1.807, 2.05) is 30.3 Å². The van der Waals surface area contributed by atoms with Gasteiger partial charge in [-0.05, 0) is 41.7 Å². The van der Waals surface area contributed by atoms with Gasteiger partial charge < -0.3 is 0 Å². The molecule has 3 fully saturated rings. The summed E-state index contributed by atoms with van der Waals surface area (Å²) in [5.74, 6) is 1.08. The predicted octanol–water partition coefficient (Wildman–Crippen LogP) is 6.74. The number of carbonyl (C=O) groups excluding carboxylic acids is 1. The Bertz CT molecular complexity index is 1080. The Morgan fingerprint density at radius 1 is 0.788 bits per heavy atom. The molecule has 170 valence electrons. The zero-order valence-electron chi connectivity index (χ0n) is 20.5. The second-order valence-electron chi connectivity index (χ2n) is 11.9. The summed E-state index contributed by atoms with van der Waals surface area (Å²) in [7, 11) is -2.25. The molecule has 1 atom stereocenters. The summed E-state index contributed by atoms with van der Waals surface area (Å²) in [4.78, 5) is 14.0. The quantitative estimate of drug-likeness (QED) is 0.299. The van der Waals surface area contributed by atoms with Crippen LogP contribution < -0.4 is 10.4 Å². The summed E-state index contributed by atoms with van der Waals surface area (Å²) >= 11 is 0. The molecule has 0 aromatic heterocycles. The van der Waals surface area contributed by atoms with Crippen molar-refractivity contribution in [2.24, 2.45) is 16.7 Å². The molecule has 2 bridgehead atoms. The lowest BCUT2D eigenvalue weighted by molar-refractivity contribution is 0.0387. The highest BCUT2D eigenvalue weighted by molar-refractivity contribution is 7.04. The molecule has 0 aliphatic heterocycles. The summed E-state index contributed by atoms with van der Waals surface area (Å²) < 4.78 is 0. The number of ketones is 1. The minimum Gasteiger partial charge on any atom is -0.294 e. The van der Waals surface area contributed by atoms with Crippen LogP contribution in [0.4, 0.5) is 0 Å². The molecule has 3 aliphatic rings. The van der Waals surface area contributed by atoms with Gasteiger partial charge in [0.2, 0.25) is 0 Å². The Morgan fingerprint density at radius 3 is 1.70 bits per heavy atom. The van der Waals surface area contributed by atoms with Crippen LogP contribution in [0.1, 0.15) is 57.3 Å². The summed E-state index contributed by atoms with van der Waals surface area (Å²) in [6, 6.07) is 33.7. The molecule has 3 saturated carbocycles. The summed E-state index contributed by atoms with van der Waals surface area (Å²) in [5, 5.41) is 3.11. The largest absolute Gasteiger partial charge is 0.294 e. The van der Waals surface area contributed by atoms with Crippen LogP contribution in [0.3, 0.4) is 0 Å². The molecule has 6 rings (SSSR count). The monoisotopic (exact) mass is 452 g/mol. The van der Waals surface area contributed by atoms with Gasteiger partial charge in [0.25, 0.3) is 0 Å². The first-order chi connectivity index (χ1) is 15.7. The molecule has 1 nitrogen and oxygen atoms in total. The first-order valence-corrected chi connectivity index (χ1v) is 14.6. The van der Waals surface area contributed by atoms with Crippen LogP contribution in [-0.4, -0.2) is 13.9 Å². The first kappa shape index (κ1) is 22.3. The van der Waals surface area contributed by atoms with Gasteiger partial charge in [0.05, 0.1) is 0 Å². The van der Waals surface area contributed by atoms with E-state index in [-0.39, 0.29) is 15.9 Å². The lowest BCUT2D eigenvalue weighted by atomic mass is 9.58. The molecule has 0 unspecified atom stereocenters. The van der Waals surface area contributed by atoms with E-state index in [9.17, 15) is 4.79 Å². The van der Waals surface area contributed by atoms with Gasteiger partial charge in [-0.2, -0.15) is 0 Å². The van der Waals surface area contributed by atoms with Crippen molar-refractivity contribution >= 4 is 24.2 Å². The van der Waals surface area contributed by atoms with Crippen LogP contribution in [0.25, 0.3) is 0 Å². The van der Waals surface area contributed by atoms with Crippen molar-refractivity contribution < 1.29 is 4.79 Å². The topological polar surface area (TPSA) is 17.1 Å². The van der Waals surface area contributed by atoms with Gasteiger partial charge in [-0.1, -0.05) is 129 Å². The molecule has 2 heteroatoms. The van der Waals surface area contributed by atoms with Gasteiger partial charge in [0, 0.05) is 11.0 Å². The second kappa shape index (κ2) is 7.80. The maximum atomic E-state index is 14.0. The summed E-state index contributed by atoms with van der Waals surface area (Å²) in [5.41, 5.74) is 0.688. The number of Topliss-reactive ketones (excluding diaryl/α,β-unsaturated/α-hetero) is 1. The number of benzene rings is 3. The molecule has 0 amide bonds. The van der Waals surface area contributed by atoms with Crippen LogP contribution in [0, 0.1) is 16.7 Å². The molecule has 33 heavy (non-hydrogen) atoms. The SMILES string of the molecule is CC(C)(C)[Si](C[C@]1(C)CC2CC1(C(=O)c1ccccc1)C2)(c1ccccc1)c1ccccc1. The summed E-state index contributed by atoms with van der Waals surface area (Å²) in [6.07, 6.45) is 3.31. The van der Waals surface area contributed by atoms with E-state index in [4.69, 9.17) is 0 Å². The molecule has 3 aromatic carbocycles. The number of hydrogen-bond acceptors (Lipinski definition) is 1. The average Bonchev–Trinajstić information content (AvgIpc) is 3.25. The standard InChI is InChI=1S/C31H36OSi/c1-29(2,3)33(26-16-10-6-11-17-26,27-18-12-7-13-19-27)23-30(4)20-24-21-31(30,22-24)28(32)25-14-8-5-9-15-25/h5-19,24H,20-23H2,1-4H3/t24?,30-,31?/m0/s1. The molecular formula is C31H36OSi. The maximum Gasteiger partial charge on any atom is 0.169 e. The van der Waals surface area contributed by atoms with E-state index in [0.717, 1.165) is 24.4 Å². The zero-order chi connectivity index (χ0) is 23.3. The fraction of sp³-hybridized carbons (Fsp3) is 0.387. The average molecular weight is 453 g/mol. The Labute approximate surface area is 200 Å². The highest BCUT2D eigenvalue weighted by atomic mass is 28.3. The van der Waals surface area contributed by atoms with Gasteiger partial charge in [0.1, 0.15) is 8.07 Å². The molecular weight excluding hydrogens is 416 g/mol. The number of fused-ring (bicyclic) bond motifs is 1. The van der Waals surface area contributed by atoms with E-state index in [1.165, 1.54) is 16.8 Å². The van der Waals surface area contributed by atoms with Crippen LogP contribution in [0.2, 0.25) is 11.1 Å². The van der Waals surface area contributed by atoms with E-state index >= 15 is 0 Å². The second-order valence-corrected chi connectivity index (χ2v) is 16.7. The third-order valence-corrected chi connectivity index (χ3v) is 15.6. The van der Waals surface area contributed by atoms with E-state index in [1.54, 1.807) is 0 Å². The van der Waals surface area contributed by atoms with E-state index in [2.05, 4.69) is 88.4 Å². The first-order valence-electron chi connectivity index (χ1n) is 12.4. The molecule has 3 aliphatic carbocycles. The third-order valence-electron chi connectivity index (χ3n) is 9.11. The third kappa shape index (κ3) is 3.29. The maximum absolute atomic E-state index is 14.0. The fourth-order valence-electron chi connectivity index (χ4n) is 7.49. The van der Waals surface area contributed by atoms with E-state index < -0.39 is 8.07 Å². The van der Waals surface area contributed by atoms with Gasteiger partial charge in [-0.3, -0.25) is 4.79 Å². The highest BCUT2D eigenvalue weighted by Gasteiger charge is 2.69. The molecule has 0 N–H and O–H groups in total. The molecule has 0 heterocycles. The van der Waals surface area contributed by atoms with Crippen molar-refractivity contribution in [2.75, 3.05) is 0 Å². The minimum atomic E-state index is -2.25. The zero-order valence-corrected chi connectivity index (χ0v) is 21.5. The van der Waals surface area contributed by atoms with Crippen LogP contribution >= 0.6 is 0 Å². The smallest absolute Gasteiger partial charge is 0.169 e. The van der Waals surface area contributed by atoms with Gasteiger partial charge >= 0.3 is 0 Å². The van der Waals surface area contributed by atoms with Crippen molar-refractivity contribution in [2.45, 2.75) is 58.0 Å². The van der Waals surface area contributed by atoms with Crippen molar-refractivity contribution in [3.63, 3.8) is 0 Å². The van der Waals surface area contributed by atoms with Gasteiger partial charge in [0.15, 0.2) is 5.78 Å². The Hall–Kier alpha value is -2.45. The fourth-order valence-corrected chi connectivity index (χ4v) is 13.7. The van der Waals surface area contributed by atoms with Crippen LogP contribution in [0.15, 0.2) is 91.0 Å². The van der Waals surface area contributed by atoms with Gasteiger partial charge in [-0.25, -0.2) is 0 Å². The Balaban J connectivity index is 1.67. The minimum absolute atomic E-state index is 0.00970. The molecule has 0 saturated heterocycles. The number of hydrogen-bond donors (Lipinski definition) is 0. The van der Waals surface area contributed by atoms with Crippen LogP contribution in [0.5, 0.6) is 0 Å². The van der Waals surface area contributed by atoms with E-state index in [0.29, 0.717) is 11.7 Å². The Morgan fingerprint density at radius 2 is 1.24 bits per heavy atom.